The van der Waals surface area contributed by atoms with E-state index in [9.17, 15) is 9.59 Å². The zero-order valence-electron chi connectivity index (χ0n) is 14.3. The number of esters is 1. The van der Waals surface area contributed by atoms with Crippen LogP contribution in [0.4, 0.5) is 0 Å². The lowest BCUT2D eigenvalue weighted by molar-refractivity contribution is -0.160. The second-order valence-corrected chi connectivity index (χ2v) is 5.55. The molecule has 0 aromatic carbocycles. The number of nitrogens with one attached hydrogen (secondary N) is 1. The smallest absolute Gasteiger partial charge is 0.332 e. The first kappa shape index (κ1) is 21.8. The summed E-state index contributed by atoms with van der Waals surface area (Å²) < 4.78 is 26.0. The minimum atomic E-state index is -0.497. The normalized spacial score (nSPS) is 11.3. The largest absolute Gasteiger partial charge is 0.458 e. The predicted molar refractivity (Wildman–Crippen MR) is 83.2 cm³/mol. The van der Waals surface area contributed by atoms with Crippen molar-refractivity contribution in [1.29, 1.82) is 0 Å². The summed E-state index contributed by atoms with van der Waals surface area (Å²) in [5, 5.41) is 2.49. The topological polar surface area (TPSA) is 92.3 Å². The number of ether oxygens (including phenoxy) is 5. The summed E-state index contributed by atoms with van der Waals surface area (Å²) in [6.07, 6.45) is 0.633. The first-order chi connectivity index (χ1) is 11.0. The Kier molecular flexibility index (Phi) is 13.6. The second-order valence-electron chi connectivity index (χ2n) is 5.55. The molecule has 0 aromatic rings. The summed E-state index contributed by atoms with van der Waals surface area (Å²) in [6, 6.07) is 0. The van der Waals surface area contributed by atoms with E-state index in [1.807, 2.05) is 0 Å². The van der Waals surface area contributed by atoms with Gasteiger partial charge in [0.25, 0.3) is 0 Å². The molecule has 0 aliphatic rings. The zero-order valence-corrected chi connectivity index (χ0v) is 14.3. The maximum atomic E-state index is 11.3. The third-order valence-corrected chi connectivity index (χ3v) is 2.23. The second kappa shape index (κ2) is 14.4. The number of rotatable bonds is 15. The third kappa shape index (κ3) is 18.7. The fourth-order valence-corrected chi connectivity index (χ4v) is 1.38. The summed E-state index contributed by atoms with van der Waals surface area (Å²) in [5.41, 5.74) is -0.497. The van der Waals surface area contributed by atoms with Crippen LogP contribution in [0, 0.1) is 0 Å². The van der Waals surface area contributed by atoms with Gasteiger partial charge in [-0.1, -0.05) is 0 Å². The van der Waals surface area contributed by atoms with Crippen molar-refractivity contribution in [1.82, 2.24) is 5.32 Å². The molecule has 23 heavy (non-hydrogen) atoms. The van der Waals surface area contributed by atoms with Gasteiger partial charge in [-0.05, 0) is 20.8 Å². The van der Waals surface area contributed by atoms with Gasteiger partial charge in [-0.3, -0.25) is 4.79 Å². The van der Waals surface area contributed by atoms with Crippen molar-refractivity contribution in [3.05, 3.63) is 0 Å². The van der Waals surface area contributed by atoms with Gasteiger partial charge in [0.15, 0.2) is 0 Å². The maximum absolute atomic E-state index is 11.3. The summed E-state index contributed by atoms with van der Waals surface area (Å²) >= 11 is 0. The van der Waals surface area contributed by atoms with E-state index in [0.29, 0.717) is 59.2 Å². The Bertz CT molecular complexity index is 305. The lowest BCUT2D eigenvalue weighted by Gasteiger charge is -2.19. The quantitative estimate of drug-likeness (QED) is 0.258. The molecule has 0 radical (unpaired) electrons. The van der Waals surface area contributed by atoms with E-state index in [-0.39, 0.29) is 12.6 Å². The van der Waals surface area contributed by atoms with Gasteiger partial charge in [0.1, 0.15) is 12.2 Å². The zero-order chi connectivity index (χ0) is 17.4. The van der Waals surface area contributed by atoms with Gasteiger partial charge in [0.2, 0.25) is 6.41 Å². The summed E-state index contributed by atoms with van der Waals surface area (Å²) in [6.45, 7) is 8.87. The van der Waals surface area contributed by atoms with E-state index in [1.165, 1.54) is 0 Å². The van der Waals surface area contributed by atoms with Crippen LogP contribution in [0.5, 0.6) is 0 Å². The average molecular weight is 335 g/mol. The van der Waals surface area contributed by atoms with Crippen molar-refractivity contribution in [2.75, 3.05) is 59.4 Å². The first-order valence-electron chi connectivity index (χ1n) is 7.65. The van der Waals surface area contributed by atoms with Crippen LogP contribution in [0.25, 0.3) is 0 Å². The number of amides is 1. The SMILES string of the molecule is CC(C)(C)OC(=O)COCCOCCOCCOCCNC=O. The fourth-order valence-electron chi connectivity index (χ4n) is 1.38. The number of carbonyl (C=O) groups is 2. The molecule has 0 aliphatic heterocycles. The van der Waals surface area contributed by atoms with E-state index in [2.05, 4.69) is 5.32 Å². The molecule has 0 aliphatic carbocycles. The van der Waals surface area contributed by atoms with Crippen LogP contribution >= 0.6 is 0 Å². The van der Waals surface area contributed by atoms with Gasteiger partial charge in [-0.25, -0.2) is 4.79 Å². The van der Waals surface area contributed by atoms with Crippen molar-refractivity contribution < 1.29 is 33.3 Å². The Morgan fingerprint density at radius 1 is 0.870 bits per heavy atom. The first-order valence-corrected chi connectivity index (χ1v) is 7.65. The number of carbonyl (C=O) groups excluding carboxylic acids is 2. The molecular formula is C15H29NO7. The lowest BCUT2D eigenvalue weighted by atomic mass is 10.2. The number of hydrogen-bond acceptors (Lipinski definition) is 7. The Hall–Kier alpha value is -1.22. The van der Waals surface area contributed by atoms with E-state index < -0.39 is 5.60 Å². The molecule has 0 spiro atoms. The minimum Gasteiger partial charge on any atom is -0.458 e. The van der Waals surface area contributed by atoms with E-state index in [4.69, 9.17) is 23.7 Å². The Balaban J connectivity index is 3.16. The van der Waals surface area contributed by atoms with Crippen LogP contribution in [0.15, 0.2) is 0 Å². The standard InChI is InChI=1S/C15H29NO7/c1-15(2,3)23-14(18)12-22-11-10-21-9-8-20-7-6-19-5-4-16-13-17/h13H,4-12H2,1-3H3,(H,16,17). The van der Waals surface area contributed by atoms with Gasteiger partial charge in [-0.2, -0.15) is 0 Å². The molecule has 0 bridgehead atoms. The van der Waals surface area contributed by atoms with Gasteiger partial charge in [-0.15, -0.1) is 0 Å². The molecule has 1 N–H and O–H groups in total. The molecule has 0 aromatic heterocycles. The van der Waals surface area contributed by atoms with Crippen molar-refractivity contribution >= 4 is 12.4 Å². The molecule has 1 amide bonds. The van der Waals surface area contributed by atoms with Gasteiger partial charge >= 0.3 is 5.97 Å². The molecule has 0 rings (SSSR count). The van der Waals surface area contributed by atoms with Gasteiger partial charge < -0.3 is 29.0 Å². The van der Waals surface area contributed by atoms with Gasteiger partial charge in [0.05, 0.1) is 46.2 Å². The fraction of sp³-hybridized carbons (Fsp3) is 0.867. The molecule has 136 valence electrons. The van der Waals surface area contributed by atoms with Crippen molar-refractivity contribution in [3.63, 3.8) is 0 Å². The molecule has 0 saturated carbocycles. The summed E-state index contributed by atoms with van der Waals surface area (Å²) in [4.78, 5) is 21.3. The lowest BCUT2D eigenvalue weighted by Crippen LogP contribution is -2.27. The molecule has 0 heterocycles. The van der Waals surface area contributed by atoms with Gasteiger partial charge in [0, 0.05) is 6.54 Å². The molecule has 0 atom stereocenters. The summed E-state index contributed by atoms with van der Waals surface area (Å²) in [7, 11) is 0. The molecule has 0 unspecified atom stereocenters. The van der Waals surface area contributed by atoms with Crippen LogP contribution in [0.1, 0.15) is 20.8 Å². The van der Waals surface area contributed by atoms with Crippen molar-refractivity contribution in [2.24, 2.45) is 0 Å². The molecule has 0 saturated heterocycles. The van der Waals surface area contributed by atoms with Crippen LogP contribution in [0.3, 0.4) is 0 Å². The van der Waals surface area contributed by atoms with Crippen LogP contribution in [0.2, 0.25) is 0 Å². The molecule has 8 heteroatoms. The number of hydrogen-bond donors (Lipinski definition) is 1. The van der Waals surface area contributed by atoms with E-state index >= 15 is 0 Å². The van der Waals surface area contributed by atoms with Crippen LogP contribution in [-0.2, 0) is 33.3 Å². The van der Waals surface area contributed by atoms with Crippen LogP contribution < -0.4 is 5.32 Å². The highest BCUT2D eigenvalue weighted by molar-refractivity contribution is 5.71. The molecule has 0 fully saturated rings. The predicted octanol–water partition coefficient (Wildman–Crippen LogP) is 0.141. The molecular weight excluding hydrogens is 306 g/mol. The highest BCUT2D eigenvalue weighted by atomic mass is 16.6. The third-order valence-electron chi connectivity index (χ3n) is 2.23. The summed E-state index contributed by atoms with van der Waals surface area (Å²) in [5.74, 6) is -0.385. The van der Waals surface area contributed by atoms with E-state index in [0.717, 1.165) is 0 Å². The Morgan fingerprint density at radius 2 is 1.35 bits per heavy atom. The van der Waals surface area contributed by atoms with Crippen molar-refractivity contribution in [2.45, 2.75) is 26.4 Å². The monoisotopic (exact) mass is 335 g/mol. The maximum Gasteiger partial charge on any atom is 0.332 e. The minimum absolute atomic E-state index is 0.0760. The highest BCUT2D eigenvalue weighted by Crippen LogP contribution is 2.06. The average Bonchev–Trinajstić information content (AvgIpc) is 2.46. The van der Waals surface area contributed by atoms with E-state index in [1.54, 1.807) is 20.8 Å². The van der Waals surface area contributed by atoms with Crippen molar-refractivity contribution in [3.8, 4) is 0 Å². The Morgan fingerprint density at radius 3 is 1.83 bits per heavy atom. The van der Waals surface area contributed by atoms with Crippen LogP contribution in [-0.4, -0.2) is 77.4 Å². The Labute approximate surface area is 137 Å². The molecule has 8 nitrogen and oxygen atoms in total. The highest BCUT2D eigenvalue weighted by Gasteiger charge is 2.15.